The van der Waals surface area contributed by atoms with Crippen LogP contribution in [0.3, 0.4) is 0 Å². The number of rotatable bonds is 3. The SMILES string of the molecule is CC(C)Oc1c(F)cc([N+](=O)[O-])cc1F. The number of non-ortho nitro benzene ring substituents is 1. The summed E-state index contributed by atoms with van der Waals surface area (Å²) < 4.78 is 31.2. The third-order valence-corrected chi connectivity index (χ3v) is 1.55. The third kappa shape index (κ3) is 2.61. The Morgan fingerprint density at radius 1 is 1.33 bits per heavy atom. The van der Waals surface area contributed by atoms with E-state index in [1.165, 1.54) is 0 Å². The molecule has 0 aliphatic carbocycles. The maximum absolute atomic E-state index is 13.2. The van der Waals surface area contributed by atoms with E-state index in [1.54, 1.807) is 13.8 Å². The first-order valence-electron chi connectivity index (χ1n) is 4.22. The van der Waals surface area contributed by atoms with Crippen molar-refractivity contribution < 1.29 is 18.4 Å². The van der Waals surface area contributed by atoms with Gasteiger partial charge in [0.2, 0.25) is 0 Å². The van der Waals surface area contributed by atoms with Crippen molar-refractivity contribution in [1.29, 1.82) is 0 Å². The fraction of sp³-hybridized carbons (Fsp3) is 0.333. The van der Waals surface area contributed by atoms with Crippen LogP contribution in [0.15, 0.2) is 12.1 Å². The van der Waals surface area contributed by atoms with E-state index in [0.29, 0.717) is 12.1 Å². The molecule has 6 heteroatoms. The summed E-state index contributed by atoms with van der Waals surface area (Å²) >= 11 is 0. The zero-order valence-electron chi connectivity index (χ0n) is 8.16. The van der Waals surface area contributed by atoms with E-state index >= 15 is 0 Å². The van der Waals surface area contributed by atoms with E-state index in [1.807, 2.05) is 0 Å². The van der Waals surface area contributed by atoms with E-state index in [4.69, 9.17) is 4.74 Å². The number of nitro groups is 1. The Kier molecular flexibility index (Phi) is 3.18. The Balaban J connectivity index is 3.15. The van der Waals surface area contributed by atoms with Gasteiger partial charge in [-0.05, 0) is 13.8 Å². The number of nitro benzene ring substituents is 1. The Hall–Kier alpha value is -1.72. The van der Waals surface area contributed by atoms with Crippen molar-refractivity contribution in [3.05, 3.63) is 33.9 Å². The Morgan fingerprint density at radius 2 is 1.80 bits per heavy atom. The molecule has 1 aromatic carbocycles. The van der Waals surface area contributed by atoms with Gasteiger partial charge in [0.05, 0.1) is 23.2 Å². The predicted molar refractivity (Wildman–Crippen MR) is 48.8 cm³/mol. The van der Waals surface area contributed by atoms with Crippen molar-refractivity contribution in [3.8, 4) is 5.75 Å². The second-order valence-electron chi connectivity index (χ2n) is 3.16. The molecule has 0 unspecified atom stereocenters. The van der Waals surface area contributed by atoms with Crippen molar-refractivity contribution >= 4 is 5.69 Å². The standard InChI is InChI=1S/C9H9F2NO3/c1-5(2)15-9-7(10)3-6(12(13)14)4-8(9)11/h3-5H,1-2H3. The fourth-order valence-corrected chi connectivity index (χ4v) is 1.00. The lowest BCUT2D eigenvalue weighted by Crippen LogP contribution is -2.09. The number of benzene rings is 1. The summed E-state index contributed by atoms with van der Waals surface area (Å²) in [7, 11) is 0. The molecule has 0 atom stereocenters. The van der Waals surface area contributed by atoms with Crippen molar-refractivity contribution in [1.82, 2.24) is 0 Å². The molecule has 0 radical (unpaired) electrons. The van der Waals surface area contributed by atoms with Crippen LogP contribution >= 0.6 is 0 Å². The van der Waals surface area contributed by atoms with E-state index < -0.39 is 34.1 Å². The van der Waals surface area contributed by atoms with Crippen LogP contribution in [0.1, 0.15) is 13.8 Å². The molecule has 0 fully saturated rings. The number of hydrogen-bond acceptors (Lipinski definition) is 3. The molecule has 1 rings (SSSR count). The Bertz CT molecular complexity index is 370. The summed E-state index contributed by atoms with van der Waals surface area (Å²) in [6.07, 6.45) is -0.407. The van der Waals surface area contributed by atoms with Gasteiger partial charge in [-0.15, -0.1) is 0 Å². The van der Waals surface area contributed by atoms with Gasteiger partial charge in [0.25, 0.3) is 5.69 Å². The van der Waals surface area contributed by atoms with Gasteiger partial charge in [-0.1, -0.05) is 0 Å². The molecule has 0 heterocycles. The van der Waals surface area contributed by atoms with Gasteiger partial charge >= 0.3 is 0 Å². The van der Waals surface area contributed by atoms with Crippen molar-refractivity contribution in [2.45, 2.75) is 20.0 Å². The summed E-state index contributed by atoms with van der Waals surface area (Å²) in [6.45, 7) is 3.20. The second kappa shape index (κ2) is 4.20. The fourth-order valence-electron chi connectivity index (χ4n) is 1.00. The summed E-state index contributed by atoms with van der Waals surface area (Å²) in [5.74, 6) is -2.73. The van der Waals surface area contributed by atoms with Crippen LogP contribution < -0.4 is 4.74 Å². The molecule has 0 aliphatic heterocycles. The highest BCUT2D eigenvalue weighted by Gasteiger charge is 2.18. The molecule has 0 bridgehead atoms. The summed E-state index contributed by atoms with van der Waals surface area (Å²) in [6, 6.07) is 1.25. The number of nitrogens with zero attached hydrogens (tertiary/aromatic N) is 1. The molecule has 0 saturated carbocycles. The minimum atomic E-state index is -1.07. The molecule has 0 aromatic heterocycles. The molecule has 0 spiro atoms. The first-order chi connectivity index (χ1) is 6.91. The number of hydrogen-bond donors (Lipinski definition) is 0. The first kappa shape index (κ1) is 11.4. The molecule has 0 saturated heterocycles. The number of halogens is 2. The molecule has 82 valence electrons. The van der Waals surface area contributed by atoms with Gasteiger partial charge in [0.15, 0.2) is 17.4 Å². The van der Waals surface area contributed by atoms with Gasteiger partial charge in [0, 0.05) is 0 Å². The van der Waals surface area contributed by atoms with Crippen LogP contribution in [-0.2, 0) is 0 Å². The van der Waals surface area contributed by atoms with Gasteiger partial charge in [-0.2, -0.15) is 0 Å². The molecular formula is C9H9F2NO3. The van der Waals surface area contributed by atoms with Crippen molar-refractivity contribution in [2.24, 2.45) is 0 Å². The topological polar surface area (TPSA) is 52.4 Å². The average molecular weight is 217 g/mol. The quantitative estimate of drug-likeness (QED) is 0.577. The Labute approximate surface area is 84.6 Å². The van der Waals surface area contributed by atoms with Crippen LogP contribution in [0.5, 0.6) is 5.75 Å². The minimum Gasteiger partial charge on any atom is -0.485 e. The zero-order valence-corrected chi connectivity index (χ0v) is 8.16. The lowest BCUT2D eigenvalue weighted by atomic mass is 10.2. The summed E-state index contributed by atoms with van der Waals surface area (Å²) in [4.78, 5) is 9.40. The lowest BCUT2D eigenvalue weighted by Gasteiger charge is -2.10. The average Bonchev–Trinajstić information content (AvgIpc) is 2.10. The highest BCUT2D eigenvalue weighted by Crippen LogP contribution is 2.27. The van der Waals surface area contributed by atoms with Gasteiger partial charge in [-0.25, -0.2) is 8.78 Å². The highest BCUT2D eigenvalue weighted by molar-refractivity contribution is 5.39. The molecule has 0 amide bonds. The van der Waals surface area contributed by atoms with Crippen LogP contribution in [0, 0.1) is 21.7 Å². The highest BCUT2D eigenvalue weighted by atomic mass is 19.1. The predicted octanol–water partition coefficient (Wildman–Crippen LogP) is 2.66. The third-order valence-electron chi connectivity index (χ3n) is 1.55. The van der Waals surface area contributed by atoms with Crippen molar-refractivity contribution in [2.75, 3.05) is 0 Å². The molecule has 15 heavy (non-hydrogen) atoms. The summed E-state index contributed by atoms with van der Waals surface area (Å²) in [5, 5.41) is 10.3. The molecule has 1 aromatic rings. The van der Waals surface area contributed by atoms with Gasteiger partial charge in [-0.3, -0.25) is 10.1 Å². The molecular weight excluding hydrogens is 208 g/mol. The monoisotopic (exact) mass is 217 g/mol. The smallest absolute Gasteiger partial charge is 0.275 e. The molecule has 0 N–H and O–H groups in total. The van der Waals surface area contributed by atoms with E-state index in [9.17, 15) is 18.9 Å². The van der Waals surface area contributed by atoms with Crippen molar-refractivity contribution in [3.63, 3.8) is 0 Å². The van der Waals surface area contributed by atoms with Crippen LogP contribution in [0.25, 0.3) is 0 Å². The maximum Gasteiger partial charge on any atom is 0.275 e. The van der Waals surface area contributed by atoms with E-state index in [0.717, 1.165) is 0 Å². The normalized spacial score (nSPS) is 10.5. The zero-order chi connectivity index (χ0) is 11.6. The first-order valence-corrected chi connectivity index (χ1v) is 4.22. The van der Waals surface area contributed by atoms with Gasteiger partial charge < -0.3 is 4.74 Å². The van der Waals surface area contributed by atoms with Crippen LogP contribution in [0.4, 0.5) is 14.5 Å². The molecule has 0 aliphatic rings. The Morgan fingerprint density at radius 3 is 2.13 bits per heavy atom. The summed E-state index contributed by atoms with van der Waals surface area (Å²) in [5.41, 5.74) is -0.638. The lowest BCUT2D eigenvalue weighted by molar-refractivity contribution is -0.385. The minimum absolute atomic E-state index is 0.407. The second-order valence-corrected chi connectivity index (χ2v) is 3.16. The number of ether oxygens (including phenoxy) is 1. The van der Waals surface area contributed by atoms with Crippen LogP contribution in [0.2, 0.25) is 0 Å². The van der Waals surface area contributed by atoms with E-state index in [2.05, 4.69) is 0 Å². The van der Waals surface area contributed by atoms with Gasteiger partial charge in [0.1, 0.15) is 0 Å². The largest absolute Gasteiger partial charge is 0.485 e. The molecule has 4 nitrogen and oxygen atoms in total. The van der Waals surface area contributed by atoms with Crippen LogP contribution in [-0.4, -0.2) is 11.0 Å². The van der Waals surface area contributed by atoms with E-state index in [-0.39, 0.29) is 0 Å². The maximum atomic E-state index is 13.2.